The van der Waals surface area contributed by atoms with E-state index in [0.717, 1.165) is 19.4 Å². The van der Waals surface area contributed by atoms with E-state index in [1.807, 2.05) is 0 Å². The van der Waals surface area contributed by atoms with Gasteiger partial charge in [-0.05, 0) is 43.7 Å². The third-order valence-corrected chi connectivity index (χ3v) is 6.87. The number of benzene rings is 2. The molecule has 3 rings (SSSR count). The average Bonchev–Trinajstić information content (AvgIpc) is 2.72. The number of carbonyl (C=O) groups excluding carboxylic acids is 1. The number of amides is 1. The van der Waals surface area contributed by atoms with E-state index in [1.165, 1.54) is 23.9 Å². The molecule has 162 valence electrons. The maximum Gasteiger partial charge on any atom is 0.224 e. The molecule has 1 aliphatic rings. The third kappa shape index (κ3) is 6.33. The molecule has 2 aromatic rings. The van der Waals surface area contributed by atoms with E-state index < -0.39 is 0 Å². The summed E-state index contributed by atoms with van der Waals surface area (Å²) in [5, 5.41) is 3.79. The summed E-state index contributed by atoms with van der Waals surface area (Å²) in [5.41, 5.74) is 0.966. The number of likely N-dealkylation sites (tertiary alicyclic amines) is 1. The molecule has 1 fully saturated rings. The van der Waals surface area contributed by atoms with Gasteiger partial charge in [0.1, 0.15) is 11.6 Å². The summed E-state index contributed by atoms with van der Waals surface area (Å²) in [4.78, 5) is 14.6. The van der Waals surface area contributed by atoms with Gasteiger partial charge in [-0.3, -0.25) is 9.69 Å². The summed E-state index contributed by atoms with van der Waals surface area (Å²) in [6, 6.07) is 9.33. The van der Waals surface area contributed by atoms with Crippen LogP contribution in [0.2, 0.25) is 10.0 Å². The van der Waals surface area contributed by atoms with Crippen LogP contribution in [-0.4, -0.2) is 36.2 Å². The van der Waals surface area contributed by atoms with Crippen molar-refractivity contribution < 1.29 is 13.6 Å². The lowest BCUT2D eigenvalue weighted by Gasteiger charge is -2.32. The van der Waals surface area contributed by atoms with Crippen molar-refractivity contribution in [3.63, 3.8) is 0 Å². The molecule has 1 N–H and O–H groups in total. The highest BCUT2D eigenvalue weighted by atomic mass is 35.5. The lowest BCUT2D eigenvalue weighted by molar-refractivity contribution is -0.126. The lowest BCUT2D eigenvalue weighted by Crippen LogP contribution is -2.43. The maximum absolute atomic E-state index is 14.0. The van der Waals surface area contributed by atoms with Gasteiger partial charge in [-0.25, -0.2) is 8.78 Å². The number of rotatable bonds is 8. The van der Waals surface area contributed by atoms with E-state index in [9.17, 15) is 13.6 Å². The Labute approximate surface area is 190 Å². The van der Waals surface area contributed by atoms with Gasteiger partial charge in [0, 0.05) is 52.3 Å². The van der Waals surface area contributed by atoms with Gasteiger partial charge >= 0.3 is 0 Å². The van der Waals surface area contributed by atoms with Crippen LogP contribution in [0.25, 0.3) is 0 Å². The van der Waals surface area contributed by atoms with E-state index in [2.05, 4.69) is 10.2 Å². The Morgan fingerprint density at radius 3 is 2.43 bits per heavy atom. The van der Waals surface area contributed by atoms with Crippen LogP contribution in [0.15, 0.2) is 36.4 Å². The average molecular weight is 473 g/mol. The number of nitrogens with zero attached hydrogens (tertiary/aromatic N) is 1. The number of hydrogen-bond donors (Lipinski definition) is 1. The fourth-order valence-corrected chi connectivity index (χ4v) is 4.98. The van der Waals surface area contributed by atoms with Crippen molar-refractivity contribution in [2.75, 3.05) is 25.4 Å². The van der Waals surface area contributed by atoms with Crippen LogP contribution in [0, 0.1) is 17.6 Å². The number of nitrogens with one attached hydrogen (secondary N) is 1. The summed E-state index contributed by atoms with van der Waals surface area (Å²) in [5.74, 6) is 0.371. The molecular formula is C22H24Cl2F2N2OS. The number of carbonyl (C=O) groups is 1. The number of piperidine rings is 1. The molecule has 1 aliphatic heterocycles. The van der Waals surface area contributed by atoms with E-state index in [4.69, 9.17) is 23.2 Å². The van der Waals surface area contributed by atoms with Gasteiger partial charge in [0.15, 0.2) is 0 Å². The van der Waals surface area contributed by atoms with Gasteiger partial charge in [0.05, 0.1) is 5.92 Å². The Morgan fingerprint density at radius 2 is 1.77 bits per heavy atom. The summed E-state index contributed by atoms with van der Waals surface area (Å²) in [6.07, 6.45) is 1.69. The predicted molar refractivity (Wildman–Crippen MR) is 120 cm³/mol. The molecule has 1 saturated heterocycles. The fraction of sp³-hybridized carbons (Fsp3) is 0.409. The summed E-state index contributed by atoms with van der Waals surface area (Å²) in [6.45, 7) is 2.29. The van der Waals surface area contributed by atoms with Crippen LogP contribution in [-0.2, 0) is 17.1 Å². The first-order chi connectivity index (χ1) is 14.5. The Balaban J connectivity index is 1.42. The van der Waals surface area contributed by atoms with Gasteiger partial charge in [0.2, 0.25) is 5.91 Å². The van der Waals surface area contributed by atoms with E-state index >= 15 is 0 Å². The molecule has 8 heteroatoms. The van der Waals surface area contributed by atoms with Gasteiger partial charge in [-0.2, -0.15) is 11.8 Å². The van der Waals surface area contributed by atoms with Crippen molar-refractivity contribution in [3.05, 3.63) is 69.2 Å². The first-order valence-electron chi connectivity index (χ1n) is 9.89. The molecule has 30 heavy (non-hydrogen) atoms. The van der Waals surface area contributed by atoms with E-state index in [-0.39, 0.29) is 23.5 Å². The van der Waals surface area contributed by atoms with Crippen molar-refractivity contribution >= 4 is 40.9 Å². The zero-order chi connectivity index (χ0) is 21.5. The second-order valence-electron chi connectivity index (χ2n) is 7.32. The van der Waals surface area contributed by atoms with Crippen LogP contribution in [0.1, 0.15) is 24.0 Å². The van der Waals surface area contributed by atoms with Crippen LogP contribution in [0.3, 0.4) is 0 Å². The van der Waals surface area contributed by atoms with Gasteiger partial charge in [-0.1, -0.05) is 35.3 Å². The van der Waals surface area contributed by atoms with Crippen LogP contribution in [0.5, 0.6) is 0 Å². The van der Waals surface area contributed by atoms with Crippen molar-refractivity contribution in [2.24, 2.45) is 5.92 Å². The van der Waals surface area contributed by atoms with Crippen molar-refractivity contribution in [3.8, 4) is 0 Å². The highest BCUT2D eigenvalue weighted by Gasteiger charge is 2.26. The maximum atomic E-state index is 14.0. The third-order valence-electron chi connectivity index (χ3n) is 5.17. The molecule has 0 radical (unpaired) electrons. The van der Waals surface area contributed by atoms with Crippen LogP contribution < -0.4 is 5.32 Å². The van der Waals surface area contributed by atoms with Gasteiger partial charge in [-0.15, -0.1) is 0 Å². The Hall–Kier alpha value is -1.34. The van der Waals surface area contributed by atoms with Crippen LogP contribution >= 0.6 is 35.0 Å². The highest BCUT2D eigenvalue weighted by Crippen LogP contribution is 2.25. The molecular weight excluding hydrogens is 449 g/mol. The highest BCUT2D eigenvalue weighted by molar-refractivity contribution is 7.98. The zero-order valence-electron chi connectivity index (χ0n) is 16.5. The number of halogens is 4. The van der Waals surface area contributed by atoms with Crippen molar-refractivity contribution in [2.45, 2.75) is 25.1 Å². The first kappa shape index (κ1) is 23.3. The summed E-state index contributed by atoms with van der Waals surface area (Å²) >= 11 is 13.7. The minimum absolute atomic E-state index is 0.00357. The molecule has 0 spiro atoms. The molecule has 0 saturated carbocycles. The van der Waals surface area contributed by atoms with E-state index in [1.54, 1.807) is 24.3 Å². The van der Waals surface area contributed by atoms with Gasteiger partial charge in [0.25, 0.3) is 0 Å². The number of hydrogen-bond acceptors (Lipinski definition) is 3. The van der Waals surface area contributed by atoms with Crippen molar-refractivity contribution in [1.29, 1.82) is 0 Å². The second kappa shape index (κ2) is 11.3. The monoisotopic (exact) mass is 472 g/mol. The standard InChI is InChI=1S/C22H24Cl2F2N2OS/c23-18-5-1-7-20(25)16(18)13-28-10-3-4-15(12-28)22(29)27-9-11-30-14-17-19(24)6-2-8-21(17)26/h1-2,5-8,15H,3-4,9-14H2,(H,27,29). The smallest absolute Gasteiger partial charge is 0.224 e. The quantitative estimate of drug-likeness (QED) is 0.512. The zero-order valence-corrected chi connectivity index (χ0v) is 18.8. The second-order valence-corrected chi connectivity index (χ2v) is 9.24. The molecule has 1 atom stereocenters. The molecule has 1 amide bonds. The predicted octanol–water partition coefficient (Wildman–Crippen LogP) is 5.53. The molecule has 0 bridgehead atoms. The van der Waals surface area contributed by atoms with Crippen molar-refractivity contribution in [1.82, 2.24) is 10.2 Å². The normalized spacial score (nSPS) is 17.1. The Kier molecular flexibility index (Phi) is 8.81. The Morgan fingerprint density at radius 1 is 1.10 bits per heavy atom. The number of thioether (sulfide) groups is 1. The minimum Gasteiger partial charge on any atom is -0.355 e. The lowest BCUT2D eigenvalue weighted by atomic mass is 9.96. The summed E-state index contributed by atoms with van der Waals surface area (Å²) in [7, 11) is 0. The van der Waals surface area contributed by atoms with Crippen LogP contribution in [0.4, 0.5) is 8.78 Å². The van der Waals surface area contributed by atoms with Gasteiger partial charge < -0.3 is 5.32 Å². The minimum atomic E-state index is -0.318. The SMILES string of the molecule is O=C(NCCSCc1c(F)cccc1Cl)C1CCCN(Cc2c(F)cccc2Cl)C1. The first-order valence-corrected chi connectivity index (χ1v) is 11.8. The molecule has 0 aliphatic carbocycles. The Bertz CT molecular complexity index is 844. The molecule has 1 heterocycles. The summed E-state index contributed by atoms with van der Waals surface area (Å²) < 4.78 is 27.8. The topological polar surface area (TPSA) is 32.3 Å². The fourth-order valence-electron chi connectivity index (χ4n) is 3.56. The largest absolute Gasteiger partial charge is 0.355 e. The van der Waals surface area contributed by atoms with E-state index in [0.29, 0.717) is 52.3 Å². The molecule has 0 aromatic heterocycles. The molecule has 2 aromatic carbocycles. The molecule has 1 unspecified atom stereocenters. The molecule has 3 nitrogen and oxygen atoms in total.